The van der Waals surface area contributed by atoms with E-state index >= 15 is 0 Å². The molecule has 1 aromatic rings. The summed E-state index contributed by atoms with van der Waals surface area (Å²) >= 11 is 0. The van der Waals surface area contributed by atoms with Crippen LogP contribution < -0.4 is 5.32 Å². The maximum Gasteiger partial charge on any atom is 0.246 e. The lowest BCUT2D eigenvalue weighted by molar-refractivity contribution is -0.125. The molecule has 3 heteroatoms. The van der Waals surface area contributed by atoms with Gasteiger partial charge in [-0.05, 0) is 25.3 Å². The molecule has 0 unspecified atom stereocenters. The fraction of sp³-hybridized carbons (Fsp3) is 0.562. The summed E-state index contributed by atoms with van der Waals surface area (Å²) in [6, 6.07) is 10.6. The lowest BCUT2D eigenvalue weighted by Crippen LogP contribution is -2.40. The summed E-state index contributed by atoms with van der Waals surface area (Å²) in [6.45, 7) is 3.37. The summed E-state index contributed by atoms with van der Waals surface area (Å²) in [5, 5.41) is 3.03. The Labute approximate surface area is 115 Å². The number of hydrogen-bond acceptors (Lipinski definition) is 2. The maximum absolute atomic E-state index is 11.7. The van der Waals surface area contributed by atoms with Crippen molar-refractivity contribution in [1.29, 1.82) is 0 Å². The third kappa shape index (κ3) is 3.57. The van der Waals surface area contributed by atoms with Gasteiger partial charge in [0, 0.05) is 18.6 Å². The lowest BCUT2D eigenvalue weighted by Gasteiger charge is -2.30. The third-order valence-corrected chi connectivity index (χ3v) is 4.01. The van der Waals surface area contributed by atoms with Gasteiger partial charge >= 0.3 is 0 Å². The molecule has 0 aromatic heterocycles. The third-order valence-electron chi connectivity index (χ3n) is 4.01. The maximum atomic E-state index is 11.7. The standard InChI is InChI=1S/C16H23NO2/c1-2-19-12-15(18)17-13-16(10-6-7-11-16)14-8-4-3-5-9-14/h3-5,8-9H,2,6-7,10-13H2,1H3,(H,17,18). The monoisotopic (exact) mass is 261 g/mol. The minimum atomic E-state index is -0.0101. The van der Waals surface area contributed by atoms with Gasteiger partial charge in [0.25, 0.3) is 0 Å². The molecule has 1 aliphatic carbocycles. The summed E-state index contributed by atoms with van der Waals surface area (Å²) in [5.41, 5.74) is 1.48. The Bertz CT molecular complexity index is 396. The SMILES string of the molecule is CCOCC(=O)NCC1(c2ccccc2)CCCC1. The average molecular weight is 261 g/mol. The van der Waals surface area contributed by atoms with Crippen LogP contribution in [0.2, 0.25) is 0 Å². The number of nitrogens with one attached hydrogen (secondary N) is 1. The van der Waals surface area contributed by atoms with Crippen LogP contribution in [0.4, 0.5) is 0 Å². The molecule has 0 radical (unpaired) electrons. The Kier molecular flexibility index (Phi) is 4.97. The van der Waals surface area contributed by atoms with E-state index in [-0.39, 0.29) is 17.9 Å². The van der Waals surface area contributed by atoms with E-state index in [0.717, 1.165) is 19.4 Å². The van der Waals surface area contributed by atoms with Crippen molar-refractivity contribution in [3.05, 3.63) is 35.9 Å². The first-order valence-electron chi connectivity index (χ1n) is 7.17. The van der Waals surface area contributed by atoms with E-state index in [1.54, 1.807) is 0 Å². The highest BCUT2D eigenvalue weighted by atomic mass is 16.5. The molecule has 19 heavy (non-hydrogen) atoms. The molecule has 1 fully saturated rings. The number of hydrogen-bond donors (Lipinski definition) is 1. The van der Waals surface area contributed by atoms with Crippen molar-refractivity contribution in [2.45, 2.75) is 38.0 Å². The number of ether oxygens (including phenoxy) is 1. The molecular formula is C16H23NO2. The highest BCUT2D eigenvalue weighted by Gasteiger charge is 2.35. The Morgan fingerprint density at radius 1 is 1.26 bits per heavy atom. The summed E-state index contributed by atoms with van der Waals surface area (Å²) < 4.78 is 5.14. The molecule has 0 bridgehead atoms. The van der Waals surface area contributed by atoms with Gasteiger partial charge in [-0.2, -0.15) is 0 Å². The van der Waals surface area contributed by atoms with Gasteiger partial charge in [-0.25, -0.2) is 0 Å². The van der Waals surface area contributed by atoms with Gasteiger partial charge in [0.15, 0.2) is 0 Å². The minimum absolute atomic E-state index is 0.0101. The zero-order valence-corrected chi connectivity index (χ0v) is 11.7. The molecule has 1 aliphatic rings. The lowest BCUT2D eigenvalue weighted by atomic mass is 9.79. The predicted octanol–water partition coefficient (Wildman–Crippen LogP) is 2.65. The molecule has 1 N–H and O–H groups in total. The molecule has 3 nitrogen and oxygen atoms in total. The summed E-state index contributed by atoms with van der Waals surface area (Å²) in [6.07, 6.45) is 4.81. The van der Waals surface area contributed by atoms with Crippen LogP contribution in [0.3, 0.4) is 0 Å². The van der Waals surface area contributed by atoms with Crippen LogP contribution >= 0.6 is 0 Å². The van der Waals surface area contributed by atoms with E-state index in [0.29, 0.717) is 6.61 Å². The fourth-order valence-electron chi connectivity index (χ4n) is 2.92. The van der Waals surface area contributed by atoms with E-state index in [9.17, 15) is 4.79 Å². The smallest absolute Gasteiger partial charge is 0.246 e. The predicted molar refractivity (Wildman–Crippen MR) is 76.1 cm³/mol. The molecule has 0 saturated heterocycles. The van der Waals surface area contributed by atoms with E-state index in [1.807, 2.05) is 13.0 Å². The van der Waals surface area contributed by atoms with Crippen molar-refractivity contribution >= 4 is 5.91 Å². The normalized spacial score (nSPS) is 17.3. The molecule has 2 rings (SSSR count). The zero-order valence-electron chi connectivity index (χ0n) is 11.7. The second-order valence-corrected chi connectivity index (χ2v) is 5.27. The van der Waals surface area contributed by atoms with Crippen molar-refractivity contribution in [1.82, 2.24) is 5.32 Å². The van der Waals surface area contributed by atoms with Crippen LogP contribution in [0, 0.1) is 0 Å². The highest BCUT2D eigenvalue weighted by Crippen LogP contribution is 2.40. The molecule has 0 aliphatic heterocycles. The molecule has 1 saturated carbocycles. The second kappa shape index (κ2) is 6.71. The van der Waals surface area contributed by atoms with Crippen molar-refractivity contribution < 1.29 is 9.53 Å². The first-order chi connectivity index (χ1) is 9.27. The van der Waals surface area contributed by atoms with Gasteiger partial charge in [-0.15, -0.1) is 0 Å². The van der Waals surface area contributed by atoms with Crippen LogP contribution in [0.1, 0.15) is 38.2 Å². The van der Waals surface area contributed by atoms with Gasteiger partial charge in [-0.3, -0.25) is 4.79 Å². The van der Waals surface area contributed by atoms with Gasteiger partial charge in [0.2, 0.25) is 5.91 Å². The van der Waals surface area contributed by atoms with Crippen LogP contribution in [0.15, 0.2) is 30.3 Å². The molecule has 1 amide bonds. The van der Waals surface area contributed by atoms with Gasteiger partial charge in [-0.1, -0.05) is 43.2 Å². The summed E-state index contributed by atoms with van der Waals surface area (Å²) in [4.78, 5) is 11.7. The van der Waals surface area contributed by atoms with Crippen LogP contribution in [-0.4, -0.2) is 25.7 Å². The number of carbonyl (C=O) groups is 1. The number of rotatable bonds is 6. The fourth-order valence-corrected chi connectivity index (χ4v) is 2.92. The van der Waals surface area contributed by atoms with Gasteiger partial charge in [0.1, 0.15) is 6.61 Å². The van der Waals surface area contributed by atoms with Crippen molar-refractivity contribution in [2.75, 3.05) is 19.8 Å². The number of amides is 1. The van der Waals surface area contributed by atoms with Crippen LogP contribution in [-0.2, 0) is 14.9 Å². The summed E-state index contributed by atoms with van der Waals surface area (Å²) in [7, 11) is 0. The Hall–Kier alpha value is -1.35. The Balaban J connectivity index is 1.99. The molecule has 104 valence electrons. The van der Waals surface area contributed by atoms with E-state index in [1.165, 1.54) is 18.4 Å². The quantitative estimate of drug-likeness (QED) is 0.855. The first kappa shape index (κ1) is 14.1. The van der Waals surface area contributed by atoms with Crippen LogP contribution in [0.25, 0.3) is 0 Å². The average Bonchev–Trinajstić information content (AvgIpc) is 2.94. The molecule has 0 spiro atoms. The number of benzene rings is 1. The molecule has 0 atom stereocenters. The Morgan fingerprint density at radius 3 is 2.58 bits per heavy atom. The minimum Gasteiger partial charge on any atom is -0.372 e. The molecule has 1 aromatic carbocycles. The highest BCUT2D eigenvalue weighted by molar-refractivity contribution is 5.77. The molecular weight excluding hydrogens is 238 g/mol. The Morgan fingerprint density at radius 2 is 1.95 bits per heavy atom. The topological polar surface area (TPSA) is 38.3 Å². The van der Waals surface area contributed by atoms with Crippen molar-refractivity contribution in [3.8, 4) is 0 Å². The van der Waals surface area contributed by atoms with Crippen molar-refractivity contribution in [3.63, 3.8) is 0 Å². The van der Waals surface area contributed by atoms with Crippen LogP contribution in [0.5, 0.6) is 0 Å². The molecule has 0 heterocycles. The van der Waals surface area contributed by atoms with Crippen molar-refractivity contribution in [2.24, 2.45) is 0 Å². The van der Waals surface area contributed by atoms with E-state index in [4.69, 9.17) is 4.74 Å². The second-order valence-electron chi connectivity index (χ2n) is 5.27. The first-order valence-corrected chi connectivity index (χ1v) is 7.17. The zero-order chi connectivity index (χ0) is 13.6. The summed E-state index contributed by atoms with van der Waals surface area (Å²) in [5.74, 6) is -0.0101. The van der Waals surface area contributed by atoms with Gasteiger partial charge < -0.3 is 10.1 Å². The van der Waals surface area contributed by atoms with E-state index < -0.39 is 0 Å². The number of carbonyl (C=O) groups excluding carboxylic acids is 1. The largest absolute Gasteiger partial charge is 0.372 e. The van der Waals surface area contributed by atoms with E-state index in [2.05, 4.69) is 29.6 Å². The van der Waals surface area contributed by atoms with Gasteiger partial charge in [0.05, 0.1) is 0 Å².